The molecule has 0 bridgehead atoms. The van der Waals surface area contributed by atoms with E-state index in [2.05, 4.69) is 26.1 Å². The van der Waals surface area contributed by atoms with Crippen LogP contribution in [0.2, 0.25) is 0 Å². The summed E-state index contributed by atoms with van der Waals surface area (Å²) < 4.78 is 11.9. The van der Waals surface area contributed by atoms with E-state index in [9.17, 15) is 9.90 Å². The number of anilines is 2. The molecule has 0 aliphatic carbocycles. The summed E-state index contributed by atoms with van der Waals surface area (Å²) in [5, 5.41) is 12.7. The predicted molar refractivity (Wildman–Crippen MR) is 107 cm³/mol. The van der Waals surface area contributed by atoms with Gasteiger partial charge in [-0.15, -0.1) is 0 Å². The van der Waals surface area contributed by atoms with Gasteiger partial charge in [-0.25, -0.2) is 0 Å². The Kier molecular flexibility index (Phi) is 5.22. The Morgan fingerprint density at radius 1 is 1.15 bits per heavy atom. The smallest absolute Gasteiger partial charge is 0.255 e. The molecule has 1 amide bonds. The fraction of sp³-hybridized carbons (Fsp3) is 0.350. The fourth-order valence-electron chi connectivity index (χ4n) is 3.40. The van der Waals surface area contributed by atoms with E-state index in [1.165, 1.54) is 0 Å². The fourth-order valence-corrected chi connectivity index (χ4v) is 3.95. The van der Waals surface area contributed by atoms with Gasteiger partial charge in [-0.3, -0.25) is 4.79 Å². The molecule has 0 spiro atoms. The number of para-hydroxylation sites is 2. The Bertz CT molecular complexity index is 850. The maximum Gasteiger partial charge on any atom is 0.255 e. The average Bonchev–Trinajstić information content (AvgIpc) is 2.69. The lowest BCUT2D eigenvalue weighted by atomic mass is 10.1. The highest BCUT2D eigenvalue weighted by Crippen LogP contribution is 2.39. The van der Waals surface area contributed by atoms with Crippen molar-refractivity contribution < 1.29 is 19.4 Å². The highest BCUT2D eigenvalue weighted by Gasteiger charge is 2.22. The van der Waals surface area contributed by atoms with E-state index in [1.54, 1.807) is 12.1 Å². The lowest BCUT2D eigenvalue weighted by molar-refractivity contribution is 0.102. The van der Waals surface area contributed by atoms with Crippen LogP contribution in [0.25, 0.3) is 0 Å². The van der Waals surface area contributed by atoms with Crippen molar-refractivity contribution in [3.05, 3.63) is 46.4 Å². The van der Waals surface area contributed by atoms with E-state index in [1.807, 2.05) is 24.3 Å². The number of hydrogen-bond donors (Lipinski definition) is 2. The molecular weight excluding hydrogens is 412 g/mol. The molecule has 0 unspecified atom stereocenters. The van der Waals surface area contributed by atoms with Crippen molar-refractivity contribution in [3.8, 4) is 11.5 Å². The molecule has 2 aliphatic heterocycles. The highest BCUT2D eigenvalue weighted by atomic mass is 79.9. The molecule has 4 rings (SSSR count). The molecule has 2 aromatic rings. The summed E-state index contributed by atoms with van der Waals surface area (Å²) in [4.78, 5) is 15.0. The van der Waals surface area contributed by atoms with Gasteiger partial charge in [0.15, 0.2) is 11.5 Å². The minimum absolute atomic E-state index is 0.211. The van der Waals surface area contributed by atoms with Gasteiger partial charge in [-0.1, -0.05) is 12.1 Å². The molecule has 0 atom stereocenters. The molecule has 7 heteroatoms. The number of carbonyl (C=O) groups excluding carboxylic acids is 1. The SMILES string of the molecule is O=C(Nc1ccccc1N1CCC(O)CC1)c1cc(Br)c2c(c1)OCCO2. The second kappa shape index (κ2) is 7.78. The van der Waals surface area contributed by atoms with Crippen LogP contribution in [0.4, 0.5) is 11.4 Å². The molecule has 2 heterocycles. The van der Waals surface area contributed by atoms with Crippen LogP contribution in [0.15, 0.2) is 40.9 Å². The first-order valence-corrected chi connectivity index (χ1v) is 9.83. The highest BCUT2D eigenvalue weighted by molar-refractivity contribution is 9.10. The van der Waals surface area contributed by atoms with Gasteiger partial charge in [-0.2, -0.15) is 0 Å². The molecule has 2 aromatic carbocycles. The van der Waals surface area contributed by atoms with Gasteiger partial charge in [0.25, 0.3) is 5.91 Å². The van der Waals surface area contributed by atoms with Crippen LogP contribution in [0, 0.1) is 0 Å². The summed E-state index contributed by atoms with van der Waals surface area (Å²) in [6.45, 7) is 2.50. The number of halogens is 1. The zero-order chi connectivity index (χ0) is 18.8. The number of piperidine rings is 1. The number of amides is 1. The second-order valence-corrected chi connectivity index (χ2v) is 7.53. The largest absolute Gasteiger partial charge is 0.486 e. The zero-order valence-electron chi connectivity index (χ0n) is 14.8. The van der Waals surface area contributed by atoms with Gasteiger partial charge in [0.05, 0.1) is 22.0 Å². The zero-order valence-corrected chi connectivity index (χ0v) is 16.4. The number of ether oxygens (including phenoxy) is 2. The number of nitrogens with one attached hydrogen (secondary N) is 1. The summed E-state index contributed by atoms with van der Waals surface area (Å²) >= 11 is 3.45. The van der Waals surface area contributed by atoms with Gasteiger partial charge in [0.2, 0.25) is 0 Å². The monoisotopic (exact) mass is 432 g/mol. The average molecular weight is 433 g/mol. The lowest BCUT2D eigenvalue weighted by Gasteiger charge is -2.32. The quantitative estimate of drug-likeness (QED) is 0.776. The summed E-state index contributed by atoms with van der Waals surface area (Å²) in [5.41, 5.74) is 2.22. The van der Waals surface area contributed by atoms with Crippen molar-refractivity contribution >= 4 is 33.2 Å². The first-order valence-electron chi connectivity index (χ1n) is 9.04. The number of carbonyl (C=O) groups is 1. The standard InChI is InChI=1S/C20H21BrN2O4/c21-15-11-13(12-18-19(15)27-10-9-26-18)20(25)22-16-3-1-2-4-17(16)23-7-5-14(24)6-8-23/h1-4,11-12,14,24H,5-10H2,(H,22,25). The molecule has 27 heavy (non-hydrogen) atoms. The van der Waals surface area contributed by atoms with Crippen LogP contribution < -0.4 is 19.7 Å². The van der Waals surface area contributed by atoms with Gasteiger partial charge in [0.1, 0.15) is 13.2 Å². The minimum Gasteiger partial charge on any atom is -0.486 e. The third-order valence-corrected chi connectivity index (χ3v) is 5.41. The number of nitrogens with zero attached hydrogens (tertiary/aromatic N) is 1. The van der Waals surface area contributed by atoms with Crippen LogP contribution in [0.1, 0.15) is 23.2 Å². The van der Waals surface area contributed by atoms with Crippen LogP contribution in [-0.2, 0) is 0 Å². The molecule has 2 aliphatic rings. The minimum atomic E-state index is -0.238. The number of hydrogen-bond acceptors (Lipinski definition) is 5. The van der Waals surface area contributed by atoms with Crippen molar-refractivity contribution in [2.24, 2.45) is 0 Å². The van der Waals surface area contributed by atoms with Crippen LogP contribution >= 0.6 is 15.9 Å². The number of rotatable bonds is 3. The van der Waals surface area contributed by atoms with Crippen LogP contribution in [-0.4, -0.2) is 43.4 Å². The topological polar surface area (TPSA) is 71.0 Å². The summed E-state index contributed by atoms with van der Waals surface area (Å²) in [7, 11) is 0. The number of benzene rings is 2. The van der Waals surface area contributed by atoms with Gasteiger partial charge < -0.3 is 24.8 Å². The molecule has 6 nitrogen and oxygen atoms in total. The van der Waals surface area contributed by atoms with E-state index >= 15 is 0 Å². The van der Waals surface area contributed by atoms with E-state index in [0.29, 0.717) is 34.7 Å². The maximum absolute atomic E-state index is 12.9. The van der Waals surface area contributed by atoms with Crippen molar-refractivity contribution in [2.45, 2.75) is 18.9 Å². The van der Waals surface area contributed by atoms with Crippen molar-refractivity contribution in [2.75, 3.05) is 36.5 Å². The first kappa shape index (κ1) is 18.1. The van der Waals surface area contributed by atoms with Crippen LogP contribution in [0.5, 0.6) is 11.5 Å². The molecule has 1 fully saturated rings. The number of aliphatic hydroxyl groups excluding tert-OH is 1. The Balaban J connectivity index is 1.56. The molecule has 2 N–H and O–H groups in total. The third-order valence-electron chi connectivity index (χ3n) is 4.82. The lowest BCUT2D eigenvalue weighted by Crippen LogP contribution is -2.36. The van der Waals surface area contributed by atoms with Gasteiger partial charge in [0, 0.05) is 18.7 Å². The molecule has 0 aromatic heterocycles. The molecule has 0 saturated carbocycles. The molecule has 1 saturated heterocycles. The Morgan fingerprint density at radius 3 is 2.70 bits per heavy atom. The normalized spacial score (nSPS) is 16.9. The second-order valence-electron chi connectivity index (χ2n) is 6.67. The number of fused-ring (bicyclic) bond motifs is 1. The molecular formula is C20H21BrN2O4. The Morgan fingerprint density at radius 2 is 1.89 bits per heavy atom. The van der Waals surface area contributed by atoms with E-state index in [0.717, 1.165) is 37.3 Å². The molecule has 0 radical (unpaired) electrons. The van der Waals surface area contributed by atoms with Crippen molar-refractivity contribution in [3.63, 3.8) is 0 Å². The van der Waals surface area contributed by atoms with Crippen LogP contribution in [0.3, 0.4) is 0 Å². The number of aliphatic hydroxyl groups is 1. The summed E-state index contributed by atoms with van der Waals surface area (Å²) in [6.07, 6.45) is 1.23. The van der Waals surface area contributed by atoms with E-state index < -0.39 is 0 Å². The molecule has 142 valence electrons. The first-order chi connectivity index (χ1) is 13.1. The predicted octanol–water partition coefficient (Wildman–Crippen LogP) is 3.43. The van der Waals surface area contributed by atoms with Gasteiger partial charge in [-0.05, 0) is 53.0 Å². The van der Waals surface area contributed by atoms with Crippen molar-refractivity contribution in [1.82, 2.24) is 0 Å². The van der Waals surface area contributed by atoms with E-state index in [-0.39, 0.29) is 12.0 Å². The Hall–Kier alpha value is -2.25. The van der Waals surface area contributed by atoms with E-state index in [4.69, 9.17) is 9.47 Å². The van der Waals surface area contributed by atoms with Crippen molar-refractivity contribution in [1.29, 1.82) is 0 Å². The summed E-state index contributed by atoms with van der Waals surface area (Å²) in [5.74, 6) is 0.987. The van der Waals surface area contributed by atoms with Gasteiger partial charge >= 0.3 is 0 Å². The summed E-state index contributed by atoms with van der Waals surface area (Å²) in [6, 6.07) is 11.2. The maximum atomic E-state index is 12.9. The Labute approximate surface area is 166 Å². The third kappa shape index (κ3) is 3.89.